The fourth-order valence-electron chi connectivity index (χ4n) is 1.87. The van der Waals surface area contributed by atoms with Gasteiger partial charge in [-0.25, -0.2) is 9.07 Å². The van der Waals surface area contributed by atoms with Crippen molar-refractivity contribution in [2.75, 3.05) is 7.05 Å². The molecule has 2 rings (SSSR count). The highest BCUT2D eigenvalue weighted by Gasteiger charge is 2.14. The number of hydrogen-bond donors (Lipinski definition) is 1. The SMILES string of the molecule is CNC(C)c1cnn(-c2ccccc2F)c1C. The van der Waals surface area contributed by atoms with Gasteiger partial charge in [-0.3, -0.25) is 0 Å². The molecule has 1 unspecified atom stereocenters. The zero-order chi connectivity index (χ0) is 12.4. The van der Waals surface area contributed by atoms with Crippen LogP contribution in [0.25, 0.3) is 5.69 Å². The van der Waals surface area contributed by atoms with Crippen molar-refractivity contribution in [1.82, 2.24) is 15.1 Å². The Hall–Kier alpha value is -1.68. The van der Waals surface area contributed by atoms with Gasteiger partial charge in [0.05, 0.1) is 6.20 Å². The first-order valence-electron chi connectivity index (χ1n) is 5.62. The van der Waals surface area contributed by atoms with Crippen LogP contribution in [0, 0.1) is 12.7 Å². The van der Waals surface area contributed by atoms with Gasteiger partial charge in [-0.1, -0.05) is 12.1 Å². The molecule has 4 heteroatoms. The van der Waals surface area contributed by atoms with E-state index in [4.69, 9.17) is 0 Å². The molecule has 3 nitrogen and oxygen atoms in total. The van der Waals surface area contributed by atoms with E-state index in [1.165, 1.54) is 6.07 Å². The van der Waals surface area contributed by atoms with Crippen molar-refractivity contribution in [3.63, 3.8) is 0 Å². The van der Waals surface area contributed by atoms with Gasteiger partial charge in [-0.15, -0.1) is 0 Å². The van der Waals surface area contributed by atoms with Gasteiger partial charge in [0.25, 0.3) is 0 Å². The molecule has 1 aromatic heterocycles. The van der Waals surface area contributed by atoms with E-state index in [2.05, 4.69) is 17.3 Å². The van der Waals surface area contributed by atoms with E-state index in [0.29, 0.717) is 5.69 Å². The Morgan fingerprint density at radius 1 is 1.35 bits per heavy atom. The third-order valence-electron chi connectivity index (χ3n) is 3.03. The molecular weight excluding hydrogens is 217 g/mol. The van der Waals surface area contributed by atoms with Crippen molar-refractivity contribution >= 4 is 0 Å². The zero-order valence-electron chi connectivity index (χ0n) is 10.2. The average Bonchev–Trinajstić information content (AvgIpc) is 2.71. The second-order valence-electron chi connectivity index (χ2n) is 4.06. The molecule has 0 aliphatic carbocycles. The van der Waals surface area contributed by atoms with Crippen LogP contribution in [0.15, 0.2) is 30.5 Å². The van der Waals surface area contributed by atoms with E-state index in [-0.39, 0.29) is 11.9 Å². The van der Waals surface area contributed by atoms with Crippen LogP contribution in [0.2, 0.25) is 0 Å². The predicted octanol–water partition coefficient (Wildman–Crippen LogP) is 2.60. The van der Waals surface area contributed by atoms with Gasteiger partial charge in [0.1, 0.15) is 11.5 Å². The lowest BCUT2D eigenvalue weighted by atomic mass is 10.1. The number of hydrogen-bond acceptors (Lipinski definition) is 2. The first kappa shape index (κ1) is 11.8. The maximum absolute atomic E-state index is 13.7. The maximum atomic E-state index is 13.7. The van der Waals surface area contributed by atoms with Gasteiger partial charge < -0.3 is 5.32 Å². The van der Waals surface area contributed by atoms with Crippen LogP contribution in [-0.4, -0.2) is 16.8 Å². The highest BCUT2D eigenvalue weighted by Crippen LogP contribution is 2.21. The summed E-state index contributed by atoms with van der Waals surface area (Å²) in [5.74, 6) is -0.262. The molecule has 0 saturated heterocycles. The summed E-state index contributed by atoms with van der Waals surface area (Å²) in [5, 5.41) is 7.41. The zero-order valence-corrected chi connectivity index (χ0v) is 10.2. The minimum absolute atomic E-state index is 0.204. The molecule has 0 radical (unpaired) electrons. The first-order chi connectivity index (χ1) is 8.15. The fourth-order valence-corrected chi connectivity index (χ4v) is 1.87. The lowest BCUT2D eigenvalue weighted by molar-refractivity contribution is 0.607. The van der Waals surface area contributed by atoms with Crippen molar-refractivity contribution < 1.29 is 4.39 Å². The van der Waals surface area contributed by atoms with Gasteiger partial charge in [0.2, 0.25) is 0 Å². The Morgan fingerprint density at radius 3 is 2.71 bits per heavy atom. The number of nitrogens with one attached hydrogen (secondary N) is 1. The van der Waals surface area contributed by atoms with E-state index in [1.54, 1.807) is 29.1 Å². The molecular formula is C13H16FN3. The van der Waals surface area contributed by atoms with E-state index >= 15 is 0 Å². The summed E-state index contributed by atoms with van der Waals surface area (Å²) >= 11 is 0. The Bertz CT molecular complexity index is 519. The molecule has 0 aliphatic heterocycles. The maximum Gasteiger partial charge on any atom is 0.148 e. The van der Waals surface area contributed by atoms with Crippen LogP contribution in [0.5, 0.6) is 0 Å². The second kappa shape index (κ2) is 4.67. The summed E-state index contributed by atoms with van der Waals surface area (Å²) in [6.07, 6.45) is 1.78. The summed E-state index contributed by atoms with van der Waals surface area (Å²) in [6, 6.07) is 6.85. The van der Waals surface area contributed by atoms with Crippen molar-refractivity contribution in [3.05, 3.63) is 47.5 Å². The summed E-state index contributed by atoms with van der Waals surface area (Å²) < 4.78 is 15.3. The molecule has 2 aromatic rings. The molecule has 0 amide bonds. The fraction of sp³-hybridized carbons (Fsp3) is 0.308. The Balaban J connectivity index is 2.48. The largest absolute Gasteiger partial charge is 0.313 e. The first-order valence-corrected chi connectivity index (χ1v) is 5.62. The molecule has 1 atom stereocenters. The van der Waals surface area contributed by atoms with E-state index < -0.39 is 0 Å². The Morgan fingerprint density at radius 2 is 2.06 bits per heavy atom. The third-order valence-corrected chi connectivity index (χ3v) is 3.03. The van der Waals surface area contributed by atoms with Gasteiger partial charge >= 0.3 is 0 Å². The number of para-hydroxylation sites is 1. The molecule has 1 N–H and O–H groups in total. The van der Waals surface area contributed by atoms with Crippen LogP contribution in [0.3, 0.4) is 0 Å². The van der Waals surface area contributed by atoms with Crippen LogP contribution < -0.4 is 5.32 Å². The number of halogens is 1. The quantitative estimate of drug-likeness (QED) is 0.883. The summed E-state index contributed by atoms with van der Waals surface area (Å²) in [4.78, 5) is 0. The number of benzene rings is 1. The lowest BCUT2D eigenvalue weighted by Crippen LogP contribution is -2.13. The molecule has 17 heavy (non-hydrogen) atoms. The highest BCUT2D eigenvalue weighted by molar-refractivity contribution is 5.36. The van der Waals surface area contributed by atoms with E-state index in [1.807, 2.05) is 14.0 Å². The van der Waals surface area contributed by atoms with Crippen molar-refractivity contribution in [2.24, 2.45) is 0 Å². The van der Waals surface area contributed by atoms with Crippen molar-refractivity contribution in [2.45, 2.75) is 19.9 Å². The summed E-state index contributed by atoms with van der Waals surface area (Å²) in [6.45, 7) is 4.00. The summed E-state index contributed by atoms with van der Waals surface area (Å²) in [5.41, 5.74) is 2.52. The van der Waals surface area contributed by atoms with Gasteiger partial charge in [0.15, 0.2) is 0 Å². The Kier molecular flexibility index (Phi) is 3.24. The molecule has 0 fully saturated rings. The molecule has 0 bridgehead atoms. The minimum atomic E-state index is -0.262. The topological polar surface area (TPSA) is 29.9 Å². The molecule has 0 aliphatic rings. The van der Waals surface area contributed by atoms with Crippen LogP contribution in [0.4, 0.5) is 4.39 Å². The van der Waals surface area contributed by atoms with E-state index in [0.717, 1.165) is 11.3 Å². The standard InChI is InChI=1S/C13H16FN3/c1-9(15-3)11-8-16-17(10(11)2)13-7-5-4-6-12(13)14/h4-9,15H,1-3H3. The molecule has 0 saturated carbocycles. The molecule has 1 aromatic carbocycles. The van der Waals surface area contributed by atoms with E-state index in [9.17, 15) is 4.39 Å². The average molecular weight is 233 g/mol. The highest BCUT2D eigenvalue weighted by atomic mass is 19.1. The van der Waals surface area contributed by atoms with Gasteiger partial charge in [0, 0.05) is 17.3 Å². The molecule has 0 spiro atoms. The summed E-state index contributed by atoms with van der Waals surface area (Å²) in [7, 11) is 1.89. The molecule has 90 valence electrons. The third kappa shape index (κ3) is 2.08. The predicted molar refractivity (Wildman–Crippen MR) is 65.7 cm³/mol. The second-order valence-corrected chi connectivity index (χ2v) is 4.06. The van der Waals surface area contributed by atoms with Crippen LogP contribution in [-0.2, 0) is 0 Å². The number of rotatable bonds is 3. The number of nitrogens with zero attached hydrogens (tertiary/aromatic N) is 2. The van der Waals surface area contributed by atoms with Crippen LogP contribution in [0.1, 0.15) is 24.2 Å². The molecule has 1 heterocycles. The normalized spacial score (nSPS) is 12.7. The minimum Gasteiger partial charge on any atom is -0.313 e. The van der Waals surface area contributed by atoms with Gasteiger partial charge in [-0.2, -0.15) is 5.10 Å². The monoisotopic (exact) mass is 233 g/mol. The smallest absolute Gasteiger partial charge is 0.148 e. The lowest BCUT2D eigenvalue weighted by Gasteiger charge is -2.10. The Labute approximate surface area is 100 Å². The van der Waals surface area contributed by atoms with Crippen molar-refractivity contribution in [1.29, 1.82) is 0 Å². The van der Waals surface area contributed by atoms with Gasteiger partial charge in [-0.05, 0) is 33.0 Å². The number of aromatic nitrogens is 2. The van der Waals surface area contributed by atoms with Crippen molar-refractivity contribution in [3.8, 4) is 5.69 Å². The van der Waals surface area contributed by atoms with Crippen LogP contribution >= 0.6 is 0 Å².